The summed E-state index contributed by atoms with van der Waals surface area (Å²) in [4.78, 5) is 0. The monoisotopic (exact) mass is 199 g/mol. The predicted molar refractivity (Wildman–Crippen MR) is 45.2 cm³/mol. The molecule has 0 saturated carbocycles. The summed E-state index contributed by atoms with van der Waals surface area (Å²) in [6.07, 6.45) is 1.84. The topological polar surface area (TPSA) is 46.5 Å². The average Bonchev–Trinajstić information content (AvgIpc) is 2.03. The molecule has 0 aliphatic carbocycles. The van der Waals surface area contributed by atoms with Gasteiger partial charge in [0.1, 0.15) is 6.61 Å². The minimum absolute atomic E-state index is 0.0403. The summed E-state index contributed by atoms with van der Waals surface area (Å²) >= 11 is 5.25. The van der Waals surface area contributed by atoms with E-state index in [1.54, 1.807) is 0 Å². The quantitative estimate of drug-likeness (QED) is 0.405. The highest BCUT2D eigenvalue weighted by atomic mass is 35.5. The van der Waals surface area contributed by atoms with Crippen molar-refractivity contribution in [3.63, 3.8) is 0 Å². The maximum atomic E-state index is 10.8. The summed E-state index contributed by atoms with van der Waals surface area (Å²) in [5, 5.41) is 8.89. The second kappa shape index (κ2) is 6.99. The molecule has 66 valence electrons. The third-order valence-electron chi connectivity index (χ3n) is 1.10. The van der Waals surface area contributed by atoms with E-state index < -0.39 is 13.9 Å². The lowest BCUT2D eigenvalue weighted by Crippen LogP contribution is -2.03. The number of hydrogen-bond donors (Lipinski definition) is 1. The largest absolute Gasteiger partial charge is 0.541 e. The SMILES string of the molecule is CCCCO[P+](=O)C(O)CCl. The summed E-state index contributed by atoms with van der Waals surface area (Å²) in [7, 11) is -1.98. The van der Waals surface area contributed by atoms with Crippen LogP contribution in [0.2, 0.25) is 0 Å². The van der Waals surface area contributed by atoms with E-state index >= 15 is 0 Å². The van der Waals surface area contributed by atoms with Gasteiger partial charge in [0.15, 0.2) is 0 Å². The number of rotatable bonds is 6. The smallest absolute Gasteiger partial charge is 0.348 e. The summed E-state index contributed by atoms with van der Waals surface area (Å²) in [6, 6.07) is 0. The fraction of sp³-hybridized carbons (Fsp3) is 1.00. The maximum absolute atomic E-state index is 10.8. The van der Waals surface area contributed by atoms with E-state index in [0.29, 0.717) is 6.61 Å². The molecular weight excluding hydrogens is 186 g/mol. The Bertz CT molecular complexity index is 120. The number of alkyl halides is 1. The Morgan fingerprint density at radius 2 is 2.36 bits per heavy atom. The minimum Gasteiger partial charge on any atom is -0.348 e. The summed E-state index contributed by atoms with van der Waals surface area (Å²) < 4.78 is 15.7. The van der Waals surface area contributed by atoms with Crippen molar-refractivity contribution < 1.29 is 14.2 Å². The van der Waals surface area contributed by atoms with Gasteiger partial charge in [-0.05, 0) is 11.0 Å². The predicted octanol–water partition coefficient (Wildman–Crippen LogP) is 2.10. The molecule has 0 bridgehead atoms. The van der Waals surface area contributed by atoms with Crippen molar-refractivity contribution in [3.05, 3.63) is 0 Å². The molecule has 0 fully saturated rings. The third-order valence-corrected chi connectivity index (χ3v) is 2.71. The number of aliphatic hydroxyl groups is 1. The first kappa shape index (κ1) is 11.3. The van der Waals surface area contributed by atoms with E-state index in [4.69, 9.17) is 21.2 Å². The molecule has 1 N–H and O–H groups in total. The Hall–Kier alpha value is 0.310. The lowest BCUT2D eigenvalue weighted by atomic mass is 10.4. The molecule has 0 rings (SSSR count). The Morgan fingerprint density at radius 3 is 2.82 bits per heavy atom. The molecule has 0 aliphatic rings. The van der Waals surface area contributed by atoms with Gasteiger partial charge in [0.05, 0.1) is 5.88 Å². The number of hydrogen-bond acceptors (Lipinski definition) is 3. The Kier molecular flexibility index (Phi) is 7.18. The van der Waals surface area contributed by atoms with E-state index in [1.165, 1.54) is 0 Å². The fourth-order valence-corrected chi connectivity index (χ4v) is 1.37. The zero-order valence-electron chi connectivity index (χ0n) is 6.49. The van der Waals surface area contributed by atoms with E-state index in [2.05, 4.69) is 0 Å². The van der Waals surface area contributed by atoms with Crippen molar-refractivity contribution in [1.29, 1.82) is 0 Å². The molecule has 0 heterocycles. The van der Waals surface area contributed by atoms with Gasteiger partial charge in [-0.3, -0.25) is 0 Å². The van der Waals surface area contributed by atoms with Gasteiger partial charge in [-0.2, -0.15) is 0 Å². The van der Waals surface area contributed by atoms with Gasteiger partial charge in [0.25, 0.3) is 5.85 Å². The molecule has 11 heavy (non-hydrogen) atoms. The molecule has 2 unspecified atom stereocenters. The number of aliphatic hydroxyl groups excluding tert-OH is 1. The first-order valence-corrected chi connectivity index (χ1v) is 5.33. The first-order valence-electron chi connectivity index (χ1n) is 3.55. The van der Waals surface area contributed by atoms with Gasteiger partial charge >= 0.3 is 8.03 Å². The van der Waals surface area contributed by atoms with E-state index in [0.717, 1.165) is 12.8 Å². The van der Waals surface area contributed by atoms with Crippen LogP contribution in [-0.2, 0) is 9.09 Å². The van der Waals surface area contributed by atoms with Crippen LogP contribution in [0.3, 0.4) is 0 Å². The molecule has 2 atom stereocenters. The van der Waals surface area contributed by atoms with Crippen molar-refractivity contribution in [3.8, 4) is 0 Å². The average molecular weight is 200 g/mol. The van der Waals surface area contributed by atoms with Crippen molar-refractivity contribution in [2.24, 2.45) is 0 Å². The maximum Gasteiger partial charge on any atom is 0.541 e. The van der Waals surface area contributed by atoms with Crippen LogP contribution in [-0.4, -0.2) is 23.4 Å². The molecule has 0 aliphatic heterocycles. The van der Waals surface area contributed by atoms with Crippen LogP contribution in [0.1, 0.15) is 19.8 Å². The molecule has 0 aromatic rings. The van der Waals surface area contributed by atoms with E-state index in [-0.39, 0.29) is 5.88 Å². The zero-order valence-corrected chi connectivity index (χ0v) is 8.15. The highest BCUT2D eigenvalue weighted by Crippen LogP contribution is 2.28. The van der Waals surface area contributed by atoms with Gasteiger partial charge in [-0.15, -0.1) is 16.1 Å². The minimum atomic E-state index is -1.98. The lowest BCUT2D eigenvalue weighted by molar-refractivity contribution is 0.233. The van der Waals surface area contributed by atoms with Crippen LogP contribution in [0, 0.1) is 0 Å². The highest BCUT2D eigenvalue weighted by Gasteiger charge is 2.28. The van der Waals surface area contributed by atoms with Crippen LogP contribution in [0.15, 0.2) is 0 Å². The van der Waals surface area contributed by atoms with Gasteiger partial charge in [0.2, 0.25) is 0 Å². The second-order valence-corrected chi connectivity index (χ2v) is 3.84. The molecule has 0 amide bonds. The Balaban J connectivity index is 3.36. The normalized spacial score (nSPS) is 14.6. The van der Waals surface area contributed by atoms with Gasteiger partial charge in [-0.25, -0.2) is 0 Å². The fourth-order valence-electron chi connectivity index (χ4n) is 0.441. The molecule has 0 aromatic heterocycles. The molecular formula is C6H13ClO3P+. The molecule has 0 radical (unpaired) electrons. The van der Waals surface area contributed by atoms with Gasteiger partial charge < -0.3 is 5.11 Å². The van der Waals surface area contributed by atoms with Crippen LogP contribution in [0.4, 0.5) is 0 Å². The van der Waals surface area contributed by atoms with Crippen molar-refractivity contribution in [2.75, 3.05) is 12.5 Å². The van der Waals surface area contributed by atoms with Gasteiger partial charge in [-0.1, -0.05) is 13.3 Å². The lowest BCUT2D eigenvalue weighted by Gasteiger charge is -1.92. The second-order valence-electron chi connectivity index (χ2n) is 2.11. The number of unbranched alkanes of at least 4 members (excludes halogenated alkanes) is 1. The van der Waals surface area contributed by atoms with Crippen LogP contribution in [0.25, 0.3) is 0 Å². The summed E-state index contributed by atoms with van der Waals surface area (Å²) in [5.41, 5.74) is 0. The molecule has 5 heteroatoms. The Labute approximate surface area is 72.6 Å². The molecule has 0 spiro atoms. The first-order chi connectivity index (χ1) is 5.22. The Morgan fingerprint density at radius 1 is 1.73 bits per heavy atom. The van der Waals surface area contributed by atoms with Crippen molar-refractivity contribution in [2.45, 2.75) is 25.6 Å². The van der Waals surface area contributed by atoms with Crippen molar-refractivity contribution >= 4 is 19.6 Å². The molecule has 0 saturated heterocycles. The molecule has 3 nitrogen and oxygen atoms in total. The summed E-state index contributed by atoms with van der Waals surface area (Å²) in [5.74, 6) is -1.06. The van der Waals surface area contributed by atoms with E-state index in [9.17, 15) is 4.57 Å². The van der Waals surface area contributed by atoms with Crippen LogP contribution in [0.5, 0.6) is 0 Å². The van der Waals surface area contributed by atoms with Crippen LogP contribution >= 0.6 is 19.6 Å². The van der Waals surface area contributed by atoms with E-state index in [1.807, 2.05) is 6.92 Å². The number of halogens is 1. The molecule has 0 aromatic carbocycles. The highest BCUT2D eigenvalue weighted by molar-refractivity contribution is 7.39. The summed E-state index contributed by atoms with van der Waals surface area (Å²) in [6.45, 7) is 2.44. The standard InChI is InChI=1S/C6H13ClO3P/c1-2-3-4-10-11(9)6(8)5-7/h6,8H,2-5H2,1H3/q+1. The van der Waals surface area contributed by atoms with Crippen LogP contribution < -0.4 is 0 Å². The van der Waals surface area contributed by atoms with Crippen molar-refractivity contribution in [1.82, 2.24) is 0 Å². The van der Waals surface area contributed by atoms with Gasteiger partial charge in [0, 0.05) is 0 Å². The zero-order chi connectivity index (χ0) is 8.69. The third kappa shape index (κ3) is 5.57.